The number of ether oxygens (including phenoxy) is 2. The Morgan fingerprint density at radius 3 is 2.93 bits per heavy atom. The molecular weight excluding hydrogens is 411 g/mol. The molecule has 0 unspecified atom stereocenters. The molecule has 1 aliphatic heterocycles. The number of carbonyl (C=O) groups excluding carboxylic acids is 1. The number of nitrogens with zero attached hydrogens (tertiary/aromatic N) is 1. The van der Waals surface area contributed by atoms with Crippen LogP contribution in [0.5, 0.6) is 5.75 Å². The predicted molar refractivity (Wildman–Crippen MR) is 111 cm³/mol. The summed E-state index contributed by atoms with van der Waals surface area (Å²) in [5.74, 6) is -0.205. The van der Waals surface area contributed by atoms with Crippen LogP contribution in [-0.2, 0) is 4.74 Å². The summed E-state index contributed by atoms with van der Waals surface area (Å²) in [4.78, 5) is 13.0. The van der Waals surface area contributed by atoms with Gasteiger partial charge in [0.15, 0.2) is 0 Å². The number of anilines is 1. The predicted octanol–water partition coefficient (Wildman–Crippen LogP) is 5.25. The zero-order valence-corrected chi connectivity index (χ0v) is 17.0. The Bertz CT molecular complexity index is 1040. The van der Waals surface area contributed by atoms with E-state index < -0.39 is 11.7 Å². The third kappa shape index (κ3) is 4.32. The van der Waals surface area contributed by atoms with Gasteiger partial charge in [-0.25, -0.2) is 4.39 Å². The van der Waals surface area contributed by atoms with Gasteiger partial charge in [-0.15, -0.1) is 0 Å². The van der Waals surface area contributed by atoms with E-state index in [0.717, 1.165) is 19.4 Å². The van der Waals surface area contributed by atoms with E-state index in [4.69, 9.17) is 25.6 Å². The monoisotopic (exact) mass is 430 g/mol. The molecule has 1 fully saturated rings. The Kier molecular flexibility index (Phi) is 6.01. The van der Waals surface area contributed by atoms with E-state index in [1.165, 1.54) is 18.2 Å². The maximum atomic E-state index is 14.4. The van der Waals surface area contributed by atoms with Gasteiger partial charge < -0.3 is 19.3 Å². The Hall–Kier alpha value is -2.90. The number of amides is 1. The summed E-state index contributed by atoms with van der Waals surface area (Å²) in [5, 5.41) is 6.79. The highest BCUT2D eigenvalue weighted by Crippen LogP contribution is 2.34. The number of nitrogens with one attached hydrogen (secondary N) is 1. The molecule has 0 saturated carbocycles. The fourth-order valence-corrected chi connectivity index (χ4v) is 3.61. The van der Waals surface area contributed by atoms with Crippen LogP contribution in [0.3, 0.4) is 0 Å². The van der Waals surface area contributed by atoms with Crippen LogP contribution in [0.25, 0.3) is 11.3 Å². The summed E-state index contributed by atoms with van der Waals surface area (Å²) in [6.07, 6.45) is 2.11. The van der Waals surface area contributed by atoms with E-state index in [1.807, 2.05) is 0 Å². The van der Waals surface area contributed by atoms with Crippen LogP contribution in [0.4, 0.5) is 10.1 Å². The van der Waals surface area contributed by atoms with E-state index in [2.05, 4.69) is 10.5 Å². The fourth-order valence-electron chi connectivity index (χ4n) is 3.36. The third-order valence-corrected chi connectivity index (χ3v) is 5.16. The first-order valence-electron chi connectivity index (χ1n) is 9.59. The molecule has 156 valence electrons. The maximum absolute atomic E-state index is 14.4. The number of hydrogen-bond donors (Lipinski definition) is 1. The lowest BCUT2D eigenvalue weighted by Crippen LogP contribution is -2.16. The van der Waals surface area contributed by atoms with E-state index in [1.54, 1.807) is 31.2 Å². The smallest absolute Gasteiger partial charge is 0.261 e. The molecule has 1 aliphatic rings. The van der Waals surface area contributed by atoms with Gasteiger partial charge >= 0.3 is 0 Å². The fraction of sp³-hybridized carbons (Fsp3) is 0.273. The van der Waals surface area contributed by atoms with Crippen molar-refractivity contribution in [1.29, 1.82) is 0 Å². The van der Waals surface area contributed by atoms with Crippen molar-refractivity contribution in [2.24, 2.45) is 0 Å². The summed E-state index contributed by atoms with van der Waals surface area (Å²) >= 11 is 6.14. The Morgan fingerprint density at radius 1 is 1.33 bits per heavy atom. The highest BCUT2D eigenvalue weighted by Gasteiger charge is 2.25. The molecule has 8 heteroatoms. The molecule has 4 rings (SSSR count). The lowest BCUT2D eigenvalue weighted by atomic mass is 10.0. The second kappa shape index (κ2) is 8.85. The molecule has 6 nitrogen and oxygen atoms in total. The first-order chi connectivity index (χ1) is 14.5. The Balaban J connectivity index is 1.54. The normalized spacial score (nSPS) is 15.9. The Morgan fingerprint density at radius 2 is 2.17 bits per heavy atom. The van der Waals surface area contributed by atoms with E-state index >= 15 is 0 Å². The van der Waals surface area contributed by atoms with Crippen molar-refractivity contribution < 1.29 is 23.2 Å². The van der Waals surface area contributed by atoms with Crippen molar-refractivity contribution in [2.45, 2.75) is 25.9 Å². The van der Waals surface area contributed by atoms with Crippen molar-refractivity contribution in [3.8, 4) is 17.0 Å². The van der Waals surface area contributed by atoms with Crippen molar-refractivity contribution in [3.63, 3.8) is 0 Å². The third-order valence-electron chi connectivity index (χ3n) is 4.84. The molecule has 30 heavy (non-hydrogen) atoms. The lowest BCUT2D eigenvalue weighted by molar-refractivity contribution is 0.0680. The lowest BCUT2D eigenvalue weighted by Gasteiger charge is -2.13. The van der Waals surface area contributed by atoms with Crippen LogP contribution in [0.15, 0.2) is 47.0 Å². The van der Waals surface area contributed by atoms with E-state index in [9.17, 15) is 9.18 Å². The summed E-state index contributed by atoms with van der Waals surface area (Å²) in [7, 11) is 0. The van der Waals surface area contributed by atoms with Gasteiger partial charge in [-0.1, -0.05) is 28.9 Å². The van der Waals surface area contributed by atoms with Crippen LogP contribution in [0.1, 0.15) is 29.0 Å². The van der Waals surface area contributed by atoms with Crippen LogP contribution < -0.4 is 10.1 Å². The minimum absolute atomic E-state index is 0.0230. The van der Waals surface area contributed by atoms with Gasteiger partial charge in [0, 0.05) is 18.4 Å². The molecule has 1 atom stereocenters. The number of carbonyl (C=O) groups is 1. The number of rotatable bonds is 6. The second-order valence-electron chi connectivity index (χ2n) is 6.99. The number of aryl methyl sites for hydroxylation is 1. The molecule has 1 saturated heterocycles. The zero-order chi connectivity index (χ0) is 21.1. The quantitative estimate of drug-likeness (QED) is 0.578. The van der Waals surface area contributed by atoms with Crippen molar-refractivity contribution in [3.05, 3.63) is 64.6 Å². The molecule has 0 aliphatic carbocycles. The average molecular weight is 431 g/mol. The molecule has 2 heterocycles. The highest BCUT2D eigenvalue weighted by atomic mass is 35.5. The van der Waals surface area contributed by atoms with Crippen LogP contribution in [0.2, 0.25) is 5.02 Å². The van der Waals surface area contributed by atoms with Crippen molar-refractivity contribution in [2.75, 3.05) is 18.5 Å². The number of hydrogen-bond acceptors (Lipinski definition) is 5. The number of benzene rings is 2. The first-order valence-corrected chi connectivity index (χ1v) is 9.97. The minimum atomic E-state index is -0.589. The zero-order valence-electron chi connectivity index (χ0n) is 16.3. The Labute approximate surface area is 177 Å². The van der Waals surface area contributed by atoms with Gasteiger partial charge in [0.2, 0.25) is 0 Å². The van der Waals surface area contributed by atoms with Crippen molar-refractivity contribution in [1.82, 2.24) is 5.16 Å². The minimum Gasteiger partial charge on any atom is -0.491 e. The van der Waals surface area contributed by atoms with Crippen LogP contribution >= 0.6 is 11.6 Å². The van der Waals surface area contributed by atoms with E-state index in [0.29, 0.717) is 18.0 Å². The van der Waals surface area contributed by atoms with Crippen molar-refractivity contribution >= 4 is 23.2 Å². The molecule has 1 amide bonds. The molecule has 3 aromatic rings. The standard InChI is InChI=1S/C22H20ClFN2O4/c1-13-19(21(26-30-13)20-17(23)8-3-9-18(20)24)22(27)25-14-5-2-6-15(11-14)29-12-16-7-4-10-28-16/h2-3,5-6,8-9,11,16H,4,7,10,12H2,1H3,(H,25,27)/t16-/m1/s1. The number of aromatic nitrogens is 1. The largest absolute Gasteiger partial charge is 0.491 e. The van der Waals surface area contributed by atoms with Crippen LogP contribution in [-0.4, -0.2) is 30.4 Å². The topological polar surface area (TPSA) is 73.6 Å². The molecule has 1 aromatic heterocycles. The molecule has 0 spiro atoms. The molecule has 0 bridgehead atoms. The van der Waals surface area contributed by atoms with Gasteiger partial charge in [-0.3, -0.25) is 4.79 Å². The summed E-state index contributed by atoms with van der Waals surface area (Å²) in [6.45, 7) is 2.80. The first kappa shape index (κ1) is 20.4. The van der Waals surface area contributed by atoms with Gasteiger partial charge in [0.05, 0.1) is 16.7 Å². The van der Waals surface area contributed by atoms with Gasteiger partial charge in [-0.2, -0.15) is 0 Å². The molecular formula is C22H20ClFN2O4. The van der Waals surface area contributed by atoms with Gasteiger partial charge in [0.25, 0.3) is 5.91 Å². The average Bonchev–Trinajstić information content (AvgIpc) is 3.36. The van der Waals surface area contributed by atoms with Crippen LogP contribution in [0, 0.1) is 12.7 Å². The molecule has 1 N–H and O–H groups in total. The van der Waals surface area contributed by atoms with Gasteiger partial charge in [0.1, 0.15) is 35.2 Å². The SMILES string of the molecule is Cc1onc(-c2c(F)cccc2Cl)c1C(=O)Nc1cccc(OC[C@H]2CCCO2)c1. The highest BCUT2D eigenvalue weighted by molar-refractivity contribution is 6.33. The maximum Gasteiger partial charge on any atom is 0.261 e. The molecule has 0 radical (unpaired) electrons. The second-order valence-corrected chi connectivity index (χ2v) is 7.39. The summed E-state index contributed by atoms with van der Waals surface area (Å²) in [5.41, 5.74) is 0.720. The molecule has 2 aromatic carbocycles. The van der Waals surface area contributed by atoms with E-state index in [-0.39, 0.29) is 33.7 Å². The summed E-state index contributed by atoms with van der Waals surface area (Å²) in [6, 6.07) is 11.3. The van der Waals surface area contributed by atoms with Gasteiger partial charge in [-0.05, 0) is 44.0 Å². The number of halogens is 2. The summed E-state index contributed by atoms with van der Waals surface area (Å²) < 4.78 is 30.8.